The van der Waals surface area contributed by atoms with Crippen LogP contribution in [0.1, 0.15) is 5.69 Å². The van der Waals surface area contributed by atoms with Gasteiger partial charge in [0.25, 0.3) is 5.69 Å². The molecule has 0 unspecified atom stereocenters. The van der Waals surface area contributed by atoms with Crippen molar-refractivity contribution in [1.82, 2.24) is 19.5 Å². The van der Waals surface area contributed by atoms with Crippen LogP contribution in [0.15, 0.2) is 17.1 Å². The minimum absolute atomic E-state index is 0.0930. The smallest absolute Gasteiger partial charge is 0.259 e. The Balaban J connectivity index is 2.15. The summed E-state index contributed by atoms with van der Waals surface area (Å²) in [4.78, 5) is 12.4. The van der Waals surface area contributed by atoms with Crippen molar-refractivity contribution in [3.8, 4) is 17.2 Å². The lowest BCUT2D eigenvalue weighted by atomic mass is 10.2. The third-order valence-electron chi connectivity index (χ3n) is 3.58. The van der Waals surface area contributed by atoms with Crippen molar-refractivity contribution < 1.29 is 18.9 Å². The Bertz CT molecular complexity index is 945. The number of fused-ring (bicyclic) bond motifs is 1. The van der Waals surface area contributed by atoms with Crippen LogP contribution in [0.4, 0.5) is 5.95 Å². The number of nitrogens with two attached hydrogens (primary N) is 1. The van der Waals surface area contributed by atoms with Crippen LogP contribution >= 0.6 is 15.9 Å². The lowest BCUT2D eigenvalue weighted by molar-refractivity contribution is -0.615. The second-order valence-electron chi connectivity index (χ2n) is 4.95. The molecule has 2 N–H and O–H groups in total. The Labute approximate surface area is 150 Å². The van der Waals surface area contributed by atoms with E-state index >= 15 is 0 Å². The van der Waals surface area contributed by atoms with Gasteiger partial charge >= 0.3 is 0 Å². The van der Waals surface area contributed by atoms with Gasteiger partial charge in [0.15, 0.2) is 5.65 Å². The molecule has 3 rings (SSSR count). The molecule has 0 aromatic carbocycles. The van der Waals surface area contributed by atoms with E-state index in [-0.39, 0.29) is 24.0 Å². The fraction of sp³-hybridized carbons (Fsp3) is 0.286. The van der Waals surface area contributed by atoms with Crippen molar-refractivity contribution in [1.29, 1.82) is 0 Å². The average Bonchev–Trinajstić information content (AvgIpc) is 2.98. The highest BCUT2D eigenvalue weighted by atomic mass is 79.9. The lowest BCUT2D eigenvalue weighted by Crippen LogP contribution is -2.33. The first kappa shape index (κ1) is 17.0. The van der Waals surface area contributed by atoms with Gasteiger partial charge in [-0.25, -0.2) is 9.97 Å². The molecule has 0 aliphatic carbocycles. The summed E-state index contributed by atoms with van der Waals surface area (Å²) in [6, 6.07) is 0. The molecule has 0 aliphatic rings. The summed E-state index contributed by atoms with van der Waals surface area (Å²) in [6.45, 7) is 0.131. The summed E-state index contributed by atoms with van der Waals surface area (Å²) in [7, 11) is 4.36. The van der Waals surface area contributed by atoms with Crippen molar-refractivity contribution in [2.24, 2.45) is 0 Å². The maximum Gasteiger partial charge on any atom is 0.259 e. The van der Waals surface area contributed by atoms with Crippen LogP contribution in [-0.2, 0) is 6.54 Å². The number of pyridine rings is 1. The van der Waals surface area contributed by atoms with Gasteiger partial charge in [-0.1, -0.05) is 0 Å². The fourth-order valence-corrected chi connectivity index (χ4v) is 2.94. The summed E-state index contributed by atoms with van der Waals surface area (Å²) < 4.78 is 18.7. The Morgan fingerprint density at radius 1 is 1.20 bits per heavy atom. The highest BCUT2D eigenvalue weighted by Crippen LogP contribution is 2.38. The maximum absolute atomic E-state index is 12.4. The molecule has 3 aromatic heterocycles. The molecule has 3 aromatic rings. The predicted octanol–water partition coefficient (Wildman–Crippen LogP) is 0.878. The summed E-state index contributed by atoms with van der Waals surface area (Å²) >= 11 is 3.30. The van der Waals surface area contributed by atoms with Gasteiger partial charge < -0.3 is 29.7 Å². The quantitative estimate of drug-likeness (QED) is 0.373. The lowest BCUT2D eigenvalue weighted by Gasteiger charge is -2.15. The molecule has 0 bridgehead atoms. The monoisotopic (exact) mass is 410 g/mol. The zero-order valence-electron chi connectivity index (χ0n) is 13.7. The molecule has 0 aliphatic heterocycles. The highest BCUT2D eigenvalue weighted by Gasteiger charge is 2.26. The first-order valence-electron chi connectivity index (χ1n) is 7.05. The first-order chi connectivity index (χ1) is 12.0. The van der Waals surface area contributed by atoms with Gasteiger partial charge in [0.1, 0.15) is 16.7 Å². The molecular weight excluding hydrogens is 396 g/mol. The summed E-state index contributed by atoms with van der Waals surface area (Å²) in [5.41, 5.74) is 7.01. The van der Waals surface area contributed by atoms with Gasteiger partial charge in [0.2, 0.25) is 29.4 Å². The molecule has 10 nitrogen and oxygen atoms in total. The number of methoxy groups -OCH3 is 3. The molecular formula is C14H15BrN6O4. The maximum atomic E-state index is 12.4. The number of ether oxygens (including phenoxy) is 3. The van der Waals surface area contributed by atoms with Crippen molar-refractivity contribution in [3.05, 3.63) is 28.0 Å². The minimum Gasteiger partial charge on any atom is -0.618 e. The van der Waals surface area contributed by atoms with Gasteiger partial charge in [-0.2, -0.15) is 9.71 Å². The second kappa shape index (κ2) is 6.59. The van der Waals surface area contributed by atoms with E-state index in [0.717, 1.165) is 0 Å². The average molecular weight is 411 g/mol. The number of imidazole rings is 1. The molecule has 0 saturated heterocycles. The Kier molecular flexibility index (Phi) is 4.49. The molecule has 3 heterocycles. The third kappa shape index (κ3) is 2.86. The molecule has 0 spiro atoms. The number of aromatic nitrogens is 5. The molecule has 25 heavy (non-hydrogen) atoms. The van der Waals surface area contributed by atoms with Crippen LogP contribution in [0, 0.1) is 5.21 Å². The largest absolute Gasteiger partial charge is 0.618 e. The number of rotatable bonds is 5. The van der Waals surface area contributed by atoms with E-state index < -0.39 is 0 Å². The normalized spacial score (nSPS) is 10.9. The van der Waals surface area contributed by atoms with E-state index in [1.165, 1.54) is 27.5 Å². The van der Waals surface area contributed by atoms with Crippen LogP contribution in [-0.4, -0.2) is 40.8 Å². The van der Waals surface area contributed by atoms with Crippen LogP contribution in [0.5, 0.6) is 17.2 Å². The zero-order chi connectivity index (χ0) is 18.1. The van der Waals surface area contributed by atoms with E-state index in [1.54, 1.807) is 10.9 Å². The first-order valence-corrected chi connectivity index (χ1v) is 7.84. The predicted molar refractivity (Wildman–Crippen MR) is 91.6 cm³/mol. The number of nitrogen functional groups attached to an aromatic ring is 1. The van der Waals surface area contributed by atoms with Gasteiger partial charge in [-0.15, -0.1) is 0 Å². The van der Waals surface area contributed by atoms with E-state index in [9.17, 15) is 5.21 Å². The van der Waals surface area contributed by atoms with Crippen LogP contribution in [0.25, 0.3) is 11.2 Å². The second-order valence-corrected chi connectivity index (χ2v) is 5.70. The molecule has 11 heteroatoms. The van der Waals surface area contributed by atoms with Gasteiger partial charge in [0.05, 0.1) is 27.7 Å². The zero-order valence-corrected chi connectivity index (χ0v) is 15.3. The molecule has 0 amide bonds. The standard InChI is InChI=1S/C14H15BrN6O4/c1-23-8-5-21(22)7(10(24-2)11(8)25-3)4-20-6-17-9-12(15)18-14(16)19-13(9)20/h5-6H,4H2,1-3H3,(H2,16,18,19). The van der Waals surface area contributed by atoms with Crippen LogP contribution in [0.3, 0.4) is 0 Å². The minimum atomic E-state index is 0.0930. The van der Waals surface area contributed by atoms with Crippen LogP contribution < -0.4 is 24.7 Å². The SMILES string of the molecule is COc1c[n+]([O-])c(Cn2cnc3c(Br)nc(N)nc32)c(OC)c1OC. The topological polar surface area (TPSA) is 124 Å². The van der Waals surface area contributed by atoms with Gasteiger partial charge in [-0.3, -0.25) is 0 Å². The van der Waals surface area contributed by atoms with E-state index in [4.69, 9.17) is 19.9 Å². The molecule has 0 atom stereocenters. The number of anilines is 1. The Hall–Kier alpha value is -2.82. The molecule has 0 fully saturated rings. The number of hydrogen-bond donors (Lipinski definition) is 1. The molecule has 0 saturated carbocycles. The molecule has 132 valence electrons. The van der Waals surface area contributed by atoms with Crippen molar-refractivity contribution in [3.63, 3.8) is 0 Å². The van der Waals surface area contributed by atoms with E-state index in [2.05, 4.69) is 30.9 Å². The number of halogens is 1. The van der Waals surface area contributed by atoms with Crippen molar-refractivity contribution in [2.75, 3.05) is 27.1 Å². The Morgan fingerprint density at radius 3 is 2.56 bits per heavy atom. The van der Waals surface area contributed by atoms with Gasteiger partial charge in [0, 0.05) is 0 Å². The van der Waals surface area contributed by atoms with Crippen LogP contribution in [0.2, 0.25) is 0 Å². The third-order valence-corrected chi connectivity index (χ3v) is 4.13. The van der Waals surface area contributed by atoms with Gasteiger partial charge in [-0.05, 0) is 15.9 Å². The number of hydrogen-bond acceptors (Lipinski definition) is 8. The summed E-state index contributed by atoms with van der Waals surface area (Å²) in [5.74, 6) is 0.949. The van der Waals surface area contributed by atoms with Crippen molar-refractivity contribution in [2.45, 2.75) is 6.54 Å². The summed E-state index contributed by atoms with van der Waals surface area (Å²) in [6.07, 6.45) is 2.81. The molecule has 0 radical (unpaired) electrons. The Morgan fingerprint density at radius 2 is 1.92 bits per heavy atom. The summed E-state index contributed by atoms with van der Waals surface area (Å²) in [5, 5.41) is 12.4. The number of nitrogens with zero attached hydrogens (tertiary/aromatic N) is 5. The van der Waals surface area contributed by atoms with E-state index in [1.807, 2.05) is 0 Å². The highest BCUT2D eigenvalue weighted by molar-refractivity contribution is 9.10. The fourth-order valence-electron chi connectivity index (χ4n) is 2.48. The van der Waals surface area contributed by atoms with E-state index in [0.29, 0.717) is 31.9 Å². The van der Waals surface area contributed by atoms with Crippen molar-refractivity contribution >= 4 is 33.0 Å².